The third-order valence-electron chi connectivity index (χ3n) is 6.04. The number of alkyl halides is 1. The lowest BCUT2D eigenvalue weighted by molar-refractivity contribution is -0.139. The summed E-state index contributed by atoms with van der Waals surface area (Å²) in [6, 6.07) is 6.76. The molecule has 1 saturated heterocycles. The summed E-state index contributed by atoms with van der Waals surface area (Å²) in [7, 11) is 0. The Hall–Kier alpha value is -4.00. The molecule has 1 fully saturated rings. The molecule has 0 radical (unpaired) electrons. The first-order valence-electron chi connectivity index (χ1n) is 12.3. The molecule has 204 valence electrons. The third kappa shape index (κ3) is 6.53. The molecular formula is C26H28ClN7O5. The first kappa shape index (κ1) is 26.6. The number of rotatable bonds is 7. The highest BCUT2D eigenvalue weighted by Crippen LogP contribution is 2.23. The van der Waals surface area contributed by atoms with E-state index in [0.717, 1.165) is 10.1 Å². The number of allylic oxidation sites excluding steroid dienone is 4. The average molecular weight is 554 g/mol. The first-order valence-corrected chi connectivity index (χ1v) is 12.8. The molecule has 3 heterocycles. The van der Waals surface area contributed by atoms with Crippen LogP contribution < -0.4 is 27.5 Å². The van der Waals surface area contributed by atoms with Crippen LogP contribution in [0.25, 0.3) is 0 Å². The van der Waals surface area contributed by atoms with Gasteiger partial charge in [-0.15, -0.1) is 11.6 Å². The van der Waals surface area contributed by atoms with Gasteiger partial charge in [-0.2, -0.15) is 0 Å². The lowest BCUT2D eigenvalue weighted by atomic mass is 10.1. The summed E-state index contributed by atoms with van der Waals surface area (Å²) < 4.78 is 19.6. The second-order valence-electron chi connectivity index (χ2n) is 9.56. The Kier molecular flexibility index (Phi) is 7.51. The smallest absolute Gasteiger partial charge is 0.335 e. The molecule has 2 atom stereocenters. The fourth-order valence-corrected chi connectivity index (χ4v) is 4.31. The molecule has 2 aromatic heterocycles. The van der Waals surface area contributed by atoms with Crippen LogP contribution in [0.1, 0.15) is 20.3 Å². The molecule has 3 N–H and O–H groups in total. The normalized spacial score (nSPS) is 20.7. The maximum Gasteiger partial charge on any atom is 0.335 e. The SMILES string of the molecule is CC1(C)OC[C@H](Cn2c(=O)[nH]/c(=N\c3ccc(Oc4cnc(N)cn4)cc3)n(CC3=CCC(Cl)C=C3)c2=O)O1. The monoisotopic (exact) mass is 553 g/mol. The van der Waals surface area contributed by atoms with Crippen molar-refractivity contribution in [2.45, 2.75) is 50.6 Å². The lowest BCUT2D eigenvalue weighted by Crippen LogP contribution is -2.51. The van der Waals surface area contributed by atoms with E-state index in [-0.39, 0.29) is 42.4 Å². The molecule has 0 amide bonds. The Morgan fingerprint density at radius 3 is 2.64 bits per heavy atom. The van der Waals surface area contributed by atoms with Gasteiger partial charge in [0.25, 0.3) is 0 Å². The molecule has 3 aromatic rings. The largest absolute Gasteiger partial charge is 0.438 e. The lowest BCUT2D eigenvalue weighted by Gasteiger charge is -2.18. The average Bonchev–Trinajstić information content (AvgIpc) is 3.26. The van der Waals surface area contributed by atoms with Crippen molar-refractivity contribution in [2.24, 2.45) is 4.99 Å². The van der Waals surface area contributed by atoms with Gasteiger partial charge < -0.3 is 19.9 Å². The Balaban J connectivity index is 1.48. The number of benzene rings is 1. The van der Waals surface area contributed by atoms with Gasteiger partial charge in [0.2, 0.25) is 11.5 Å². The van der Waals surface area contributed by atoms with Crippen molar-refractivity contribution in [3.8, 4) is 11.6 Å². The molecule has 1 aliphatic heterocycles. The van der Waals surface area contributed by atoms with Crippen LogP contribution in [0.5, 0.6) is 11.6 Å². The summed E-state index contributed by atoms with van der Waals surface area (Å²) in [5, 5.41) is -0.0991. The van der Waals surface area contributed by atoms with Gasteiger partial charge in [0.1, 0.15) is 17.7 Å². The number of nitrogens with one attached hydrogen (secondary N) is 1. The number of hydrogen-bond donors (Lipinski definition) is 2. The van der Waals surface area contributed by atoms with Gasteiger partial charge in [0.15, 0.2) is 5.79 Å². The Bertz CT molecular complexity index is 1590. The van der Waals surface area contributed by atoms with Gasteiger partial charge in [-0.25, -0.2) is 29.1 Å². The predicted molar refractivity (Wildman–Crippen MR) is 144 cm³/mol. The summed E-state index contributed by atoms with van der Waals surface area (Å²) >= 11 is 6.17. The topological polar surface area (TPSA) is 152 Å². The van der Waals surface area contributed by atoms with Crippen LogP contribution in [0.3, 0.4) is 0 Å². The molecule has 13 heteroatoms. The van der Waals surface area contributed by atoms with E-state index >= 15 is 0 Å². The van der Waals surface area contributed by atoms with E-state index in [4.69, 9.17) is 31.5 Å². The number of aromatic nitrogens is 5. The van der Waals surface area contributed by atoms with E-state index in [0.29, 0.717) is 17.9 Å². The molecule has 1 aromatic carbocycles. The summed E-state index contributed by atoms with van der Waals surface area (Å²) in [6.45, 7) is 4.07. The van der Waals surface area contributed by atoms with Crippen LogP contribution in [-0.2, 0) is 22.6 Å². The van der Waals surface area contributed by atoms with Crippen molar-refractivity contribution in [3.63, 3.8) is 0 Å². The van der Waals surface area contributed by atoms with Crippen LogP contribution in [0, 0.1) is 0 Å². The standard InChI is InChI=1S/C26H28ClN7O5/c1-26(2)37-15-20(39-26)14-34-24(35)32-23(33(25(34)36)13-16-3-5-17(27)6-4-16)31-18-7-9-19(10-8-18)38-22-12-29-21(28)11-30-22/h3-5,7-12,17,20H,6,13-15H2,1-2H3,(H2,28,29)(H,31,32,35)/t17?,20-/m0/s1. The van der Waals surface area contributed by atoms with Crippen LogP contribution in [0.15, 0.2) is 75.0 Å². The first-order chi connectivity index (χ1) is 18.6. The molecule has 1 aliphatic carbocycles. The second-order valence-corrected chi connectivity index (χ2v) is 10.1. The number of aromatic amines is 1. The van der Waals surface area contributed by atoms with Crippen molar-refractivity contribution in [2.75, 3.05) is 12.3 Å². The van der Waals surface area contributed by atoms with E-state index < -0.39 is 23.3 Å². The maximum absolute atomic E-state index is 13.6. The number of halogens is 1. The van der Waals surface area contributed by atoms with Gasteiger partial charge in [0.05, 0.1) is 43.2 Å². The summed E-state index contributed by atoms with van der Waals surface area (Å²) in [6.07, 6.45) is 8.71. The molecule has 0 spiro atoms. The molecule has 0 saturated carbocycles. The molecule has 5 rings (SSSR count). The van der Waals surface area contributed by atoms with Crippen molar-refractivity contribution in [3.05, 3.63) is 87.0 Å². The zero-order valence-electron chi connectivity index (χ0n) is 21.4. The van der Waals surface area contributed by atoms with Crippen LogP contribution in [-0.4, -0.2) is 48.0 Å². The minimum Gasteiger partial charge on any atom is -0.438 e. The predicted octanol–water partition coefficient (Wildman–Crippen LogP) is 2.38. The second kappa shape index (κ2) is 11.0. The summed E-state index contributed by atoms with van der Waals surface area (Å²) in [5.74, 6) is 0.293. The van der Waals surface area contributed by atoms with Crippen molar-refractivity contribution >= 4 is 23.1 Å². The van der Waals surface area contributed by atoms with Crippen molar-refractivity contribution < 1.29 is 14.2 Å². The van der Waals surface area contributed by atoms with Gasteiger partial charge in [-0.1, -0.05) is 18.2 Å². The number of nitrogens with two attached hydrogens (primary N) is 1. The number of ether oxygens (including phenoxy) is 3. The number of nitrogens with zero attached hydrogens (tertiary/aromatic N) is 5. The van der Waals surface area contributed by atoms with Crippen LogP contribution in [0.2, 0.25) is 0 Å². The molecule has 0 bridgehead atoms. The molecule has 1 unspecified atom stereocenters. The fraction of sp³-hybridized carbons (Fsp3) is 0.346. The quantitative estimate of drug-likeness (QED) is 0.423. The van der Waals surface area contributed by atoms with E-state index in [9.17, 15) is 9.59 Å². The van der Waals surface area contributed by atoms with Gasteiger partial charge in [-0.3, -0.25) is 9.55 Å². The fourth-order valence-electron chi connectivity index (χ4n) is 4.15. The minimum atomic E-state index is -0.779. The molecule has 39 heavy (non-hydrogen) atoms. The van der Waals surface area contributed by atoms with E-state index in [2.05, 4.69) is 19.9 Å². The zero-order valence-corrected chi connectivity index (χ0v) is 22.2. The van der Waals surface area contributed by atoms with E-state index in [1.807, 2.05) is 18.2 Å². The van der Waals surface area contributed by atoms with Crippen LogP contribution >= 0.6 is 11.6 Å². The Morgan fingerprint density at radius 1 is 1.21 bits per heavy atom. The van der Waals surface area contributed by atoms with Crippen LogP contribution in [0.4, 0.5) is 11.5 Å². The Morgan fingerprint density at radius 2 is 2.00 bits per heavy atom. The van der Waals surface area contributed by atoms with Gasteiger partial charge >= 0.3 is 11.4 Å². The molecule has 12 nitrogen and oxygen atoms in total. The molecular weight excluding hydrogens is 526 g/mol. The highest BCUT2D eigenvalue weighted by Gasteiger charge is 2.33. The highest BCUT2D eigenvalue weighted by molar-refractivity contribution is 6.22. The van der Waals surface area contributed by atoms with Crippen molar-refractivity contribution in [1.29, 1.82) is 0 Å². The number of hydrogen-bond acceptors (Lipinski definition) is 9. The zero-order chi connectivity index (χ0) is 27.6. The summed E-state index contributed by atoms with van der Waals surface area (Å²) in [5.41, 5.74) is 5.91. The van der Waals surface area contributed by atoms with Crippen molar-refractivity contribution in [1.82, 2.24) is 24.1 Å². The summed E-state index contributed by atoms with van der Waals surface area (Å²) in [4.78, 5) is 41.9. The third-order valence-corrected chi connectivity index (χ3v) is 6.37. The Labute approximate surface area is 228 Å². The molecule has 2 aliphatic rings. The number of anilines is 1. The van der Waals surface area contributed by atoms with Gasteiger partial charge in [-0.05, 0) is 50.1 Å². The maximum atomic E-state index is 13.6. The highest BCUT2D eigenvalue weighted by atomic mass is 35.5. The number of nitrogen functional groups attached to an aromatic ring is 1. The van der Waals surface area contributed by atoms with E-state index in [1.54, 1.807) is 38.1 Å². The number of H-pyrrole nitrogens is 1. The van der Waals surface area contributed by atoms with E-state index in [1.165, 1.54) is 17.0 Å². The minimum absolute atomic E-state index is 0.0383. The van der Waals surface area contributed by atoms with Gasteiger partial charge in [0, 0.05) is 0 Å².